The zero-order valence-corrected chi connectivity index (χ0v) is 12.8. The summed E-state index contributed by atoms with van der Waals surface area (Å²) in [4.78, 5) is 4.43. The van der Waals surface area contributed by atoms with E-state index in [0.29, 0.717) is 13.1 Å². The Morgan fingerprint density at radius 3 is 2.62 bits per heavy atom. The minimum atomic E-state index is -0.515. The highest BCUT2D eigenvalue weighted by atomic mass is 16.5. The van der Waals surface area contributed by atoms with Crippen LogP contribution in [0.5, 0.6) is 5.75 Å². The van der Waals surface area contributed by atoms with Crippen molar-refractivity contribution in [3.63, 3.8) is 0 Å². The number of nitrogens with one attached hydrogen (secondary N) is 1. The molecule has 2 aromatic rings. The van der Waals surface area contributed by atoms with Gasteiger partial charge in [0.1, 0.15) is 5.75 Å². The normalized spacial score (nSPS) is 12.2. The molecule has 0 aliphatic carbocycles. The quantitative estimate of drug-likeness (QED) is 0.857. The monoisotopic (exact) mass is 286 g/mol. The fourth-order valence-electron chi connectivity index (χ4n) is 2.37. The summed E-state index contributed by atoms with van der Waals surface area (Å²) in [7, 11) is 1.67. The van der Waals surface area contributed by atoms with Crippen LogP contribution in [-0.2, 0) is 6.54 Å². The molecule has 0 aliphatic rings. The Hall–Kier alpha value is -1.91. The highest BCUT2D eigenvalue weighted by molar-refractivity contribution is 5.41. The van der Waals surface area contributed by atoms with Crippen molar-refractivity contribution in [1.29, 1.82) is 0 Å². The minimum absolute atomic E-state index is 0.487. The number of aliphatic hydroxyl groups is 1. The maximum atomic E-state index is 10.1. The van der Waals surface area contributed by atoms with Crippen LogP contribution in [0, 0.1) is 13.8 Å². The zero-order chi connectivity index (χ0) is 15.2. The van der Waals surface area contributed by atoms with Gasteiger partial charge < -0.3 is 15.2 Å². The Balaban J connectivity index is 1.95. The van der Waals surface area contributed by atoms with Crippen LogP contribution in [0.2, 0.25) is 0 Å². The fraction of sp³-hybridized carbons (Fsp3) is 0.353. The van der Waals surface area contributed by atoms with Gasteiger partial charge in [0.25, 0.3) is 0 Å². The lowest BCUT2D eigenvalue weighted by Gasteiger charge is -2.15. The summed E-state index contributed by atoms with van der Waals surface area (Å²) in [6.45, 7) is 5.08. The summed E-state index contributed by atoms with van der Waals surface area (Å²) < 4.78 is 5.40. The van der Waals surface area contributed by atoms with Gasteiger partial charge >= 0.3 is 0 Å². The van der Waals surface area contributed by atoms with Crippen molar-refractivity contribution < 1.29 is 9.84 Å². The van der Waals surface area contributed by atoms with E-state index in [4.69, 9.17) is 4.74 Å². The van der Waals surface area contributed by atoms with Crippen LogP contribution in [0.25, 0.3) is 0 Å². The maximum Gasteiger partial charge on any atom is 0.128 e. The smallest absolute Gasteiger partial charge is 0.128 e. The number of nitrogens with zero attached hydrogens (tertiary/aromatic N) is 1. The van der Waals surface area contributed by atoms with E-state index in [0.717, 1.165) is 28.1 Å². The number of ether oxygens (including phenoxy) is 1. The van der Waals surface area contributed by atoms with E-state index in [-0.39, 0.29) is 0 Å². The number of hydrogen-bond donors (Lipinski definition) is 2. The number of pyridine rings is 1. The van der Waals surface area contributed by atoms with E-state index >= 15 is 0 Å². The van der Waals surface area contributed by atoms with Crippen LogP contribution in [-0.4, -0.2) is 23.7 Å². The molecule has 0 bridgehead atoms. The molecular formula is C17H22N2O2. The molecular weight excluding hydrogens is 264 g/mol. The first-order chi connectivity index (χ1) is 10.1. The molecule has 4 nitrogen and oxygen atoms in total. The highest BCUT2D eigenvalue weighted by Gasteiger charge is 2.10. The second-order valence-electron chi connectivity index (χ2n) is 5.10. The van der Waals surface area contributed by atoms with Crippen LogP contribution in [0.4, 0.5) is 0 Å². The molecule has 0 spiro atoms. The predicted octanol–water partition coefficient (Wildman–Crippen LogP) is 2.53. The molecule has 4 heteroatoms. The third kappa shape index (κ3) is 3.80. The number of methoxy groups -OCH3 is 1. The summed E-state index contributed by atoms with van der Waals surface area (Å²) in [6.07, 6.45) is 1.30. The number of aryl methyl sites for hydroxylation is 1. The summed E-state index contributed by atoms with van der Waals surface area (Å²) in [5.41, 5.74) is 3.93. The average molecular weight is 286 g/mol. The Bertz CT molecular complexity index is 585. The summed E-state index contributed by atoms with van der Waals surface area (Å²) in [5.74, 6) is 0.880. The second kappa shape index (κ2) is 7.20. The van der Waals surface area contributed by atoms with E-state index in [1.165, 1.54) is 0 Å². The number of hydrogen-bond acceptors (Lipinski definition) is 4. The van der Waals surface area contributed by atoms with Crippen LogP contribution in [0.15, 0.2) is 36.5 Å². The van der Waals surface area contributed by atoms with Gasteiger partial charge in [-0.05, 0) is 19.4 Å². The molecule has 1 aromatic heterocycles. The van der Waals surface area contributed by atoms with Crippen molar-refractivity contribution in [2.24, 2.45) is 0 Å². The van der Waals surface area contributed by atoms with Crippen molar-refractivity contribution in [2.45, 2.75) is 26.5 Å². The molecule has 0 fully saturated rings. The molecule has 1 unspecified atom stereocenters. The summed E-state index contributed by atoms with van der Waals surface area (Å²) >= 11 is 0. The topological polar surface area (TPSA) is 54.4 Å². The molecule has 21 heavy (non-hydrogen) atoms. The molecule has 2 rings (SSSR count). The Morgan fingerprint density at radius 1 is 1.24 bits per heavy atom. The lowest BCUT2D eigenvalue weighted by Crippen LogP contribution is -2.22. The molecule has 0 saturated heterocycles. The first kappa shape index (κ1) is 15.5. The third-order valence-corrected chi connectivity index (χ3v) is 3.56. The second-order valence-corrected chi connectivity index (χ2v) is 5.10. The molecule has 1 aromatic carbocycles. The lowest BCUT2D eigenvalue weighted by atomic mass is 10.1. The number of aromatic nitrogens is 1. The summed E-state index contributed by atoms with van der Waals surface area (Å²) in [6, 6.07) is 9.63. The zero-order valence-electron chi connectivity index (χ0n) is 12.8. The summed E-state index contributed by atoms with van der Waals surface area (Å²) in [5, 5.41) is 13.3. The lowest BCUT2D eigenvalue weighted by molar-refractivity contribution is 0.174. The van der Waals surface area contributed by atoms with Gasteiger partial charge in [0.05, 0.1) is 18.9 Å². The van der Waals surface area contributed by atoms with Gasteiger partial charge in [-0.2, -0.15) is 0 Å². The molecule has 1 atom stereocenters. The van der Waals surface area contributed by atoms with Crippen molar-refractivity contribution in [3.05, 3.63) is 58.9 Å². The molecule has 0 radical (unpaired) electrons. The largest absolute Gasteiger partial charge is 0.496 e. The van der Waals surface area contributed by atoms with Crippen molar-refractivity contribution in [2.75, 3.05) is 13.7 Å². The number of rotatable bonds is 6. The van der Waals surface area contributed by atoms with Gasteiger partial charge in [-0.3, -0.25) is 4.98 Å². The molecule has 112 valence electrons. The molecule has 0 saturated carbocycles. The van der Waals surface area contributed by atoms with Crippen molar-refractivity contribution >= 4 is 0 Å². The maximum absolute atomic E-state index is 10.1. The van der Waals surface area contributed by atoms with Crippen LogP contribution < -0.4 is 10.1 Å². The Morgan fingerprint density at radius 2 is 1.95 bits per heavy atom. The Kier molecular flexibility index (Phi) is 5.31. The van der Waals surface area contributed by atoms with Crippen LogP contribution >= 0.6 is 0 Å². The fourth-order valence-corrected chi connectivity index (χ4v) is 2.37. The molecule has 0 aliphatic heterocycles. The van der Waals surface area contributed by atoms with Crippen LogP contribution in [0.3, 0.4) is 0 Å². The van der Waals surface area contributed by atoms with Crippen molar-refractivity contribution in [1.82, 2.24) is 10.3 Å². The minimum Gasteiger partial charge on any atom is -0.496 e. The van der Waals surface area contributed by atoms with Gasteiger partial charge in [0.15, 0.2) is 0 Å². The third-order valence-electron chi connectivity index (χ3n) is 3.56. The first-order valence-corrected chi connectivity index (χ1v) is 7.06. The van der Waals surface area contributed by atoms with Crippen molar-refractivity contribution in [3.8, 4) is 5.75 Å². The van der Waals surface area contributed by atoms with Gasteiger partial charge in [-0.25, -0.2) is 0 Å². The van der Waals surface area contributed by atoms with E-state index in [9.17, 15) is 5.11 Å². The number of aliphatic hydroxyl groups excluding tert-OH is 1. The standard InChI is InChI=1S/C17H22N2O2/c1-12-9-19-15(13(2)17(12)21-3)10-18-11-16(20)14-7-5-4-6-8-14/h4-9,16,18,20H,10-11H2,1-3H3. The first-order valence-electron chi connectivity index (χ1n) is 7.06. The van der Waals surface area contributed by atoms with E-state index < -0.39 is 6.10 Å². The average Bonchev–Trinajstić information content (AvgIpc) is 2.51. The van der Waals surface area contributed by atoms with Gasteiger partial charge in [-0.15, -0.1) is 0 Å². The van der Waals surface area contributed by atoms with E-state index in [1.54, 1.807) is 7.11 Å². The van der Waals surface area contributed by atoms with E-state index in [2.05, 4.69) is 10.3 Å². The molecule has 1 heterocycles. The SMILES string of the molecule is COc1c(C)cnc(CNCC(O)c2ccccc2)c1C. The van der Waals surface area contributed by atoms with E-state index in [1.807, 2.05) is 50.4 Å². The number of benzene rings is 1. The van der Waals surface area contributed by atoms with Gasteiger partial charge in [0.2, 0.25) is 0 Å². The Labute approximate surface area is 125 Å². The van der Waals surface area contributed by atoms with Gasteiger partial charge in [-0.1, -0.05) is 30.3 Å². The highest BCUT2D eigenvalue weighted by Crippen LogP contribution is 2.23. The van der Waals surface area contributed by atoms with Gasteiger partial charge in [0, 0.05) is 30.4 Å². The predicted molar refractivity (Wildman–Crippen MR) is 83.4 cm³/mol. The molecule has 2 N–H and O–H groups in total. The molecule has 0 amide bonds. The van der Waals surface area contributed by atoms with Crippen LogP contribution in [0.1, 0.15) is 28.5 Å².